The zero-order valence-electron chi connectivity index (χ0n) is 11.5. The van der Waals surface area contributed by atoms with Gasteiger partial charge in [0.2, 0.25) is 5.91 Å². The molecule has 19 heavy (non-hydrogen) atoms. The number of halogens is 1. The molecule has 1 amide bonds. The van der Waals surface area contributed by atoms with Crippen LogP contribution in [0.2, 0.25) is 0 Å². The molecule has 1 aliphatic carbocycles. The largest absolute Gasteiger partial charge is 0.326 e. The van der Waals surface area contributed by atoms with Crippen LogP contribution in [0.4, 0.5) is 5.69 Å². The molecule has 1 fully saturated rings. The van der Waals surface area contributed by atoms with E-state index in [2.05, 4.69) is 28.2 Å². The lowest BCUT2D eigenvalue weighted by atomic mass is 10.1. The maximum absolute atomic E-state index is 12.0. The Morgan fingerprint density at radius 3 is 2.68 bits per heavy atom. The molecule has 0 spiro atoms. The first kappa shape index (κ1) is 14.6. The average molecular weight is 324 g/mol. The van der Waals surface area contributed by atoms with E-state index in [0.29, 0.717) is 5.92 Å². The van der Waals surface area contributed by atoms with Gasteiger partial charge in [0.05, 0.1) is 0 Å². The highest BCUT2D eigenvalue weighted by molar-refractivity contribution is 9.10. The molecule has 2 atom stereocenters. The van der Waals surface area contributed by atoms with Gasteiger partial charge in [-0.25, -0.2) is 0 Å². The third kappa shape index (κ3) is 4.64. The first-order valence-corrected chi connectivity index (χ1v) is 8.06. The van der Waals surface area contributed by atoms with Crippen LogP contribution in [0.5, 0.6) is 0 Å². The maximum Gasteiger partial charge on any atom is 0.227 e. The average Bonchev–Trinajstić information content (AvgIpc) is 3.17. The maximum atomic E-state index is 12.0. The van der Waals surface area contributed by atoms with Crippen molar-refractivity contribution in [1.82, 2.24) is 0 Å². The minimum Gasteiger partial charge on any atom is -0.326 e. The normalized spacial score (nSPS) is 21.2. The van der Waals surface area contributed by atoms with Crippen LogP contribution in [0.1, 0.15) is 45.4 Å². The number of benzene rings is 1. The van der Waals surface area contributed by atoms with Crippen LogP contribution < -0.4 is 5.32 Å². The number of unbranched alkanes of at least 4 members (excludes halogenated alkanes) is 3. The molecule has 0 radical (unpaired) electrons. The van der Waals surface area contributed by atoms with E-state index in [1.807, 2.05) is 24.3 Å². The Morgan fingerprint density at radius 2 is 2.00 bits per heavy atom. The number of hydrogen-bond acceptors (Lipinski definition) is 1. The molecule has 2 unspecified atom stereocenters. The summed E-state index contributed by atoms with van der Waals surface area (Å²) in [5, 5.41) is 3.00. The van der Waals surface area contributed by atoms with Crippen molar-refractivity contribution in [3.63, 3.8) is 0 Å². The van der Waals surface area contributed by atoms with Gasteiger partial charge in [0.25, 0.3) is 0 Å². The van der Waals surface area contributed by atoms with E-state index in [1.54, 1.807) is 0 Å². The number of rotatable bonds is 7. The van der Waals surface area contributed by atoms with Crippen molar-refractivity contribution in [1.29, 1.82) is 0 Å². The van der Waals surface area contributed by atoms with E-state index in [9.17, 15) is 4.79 Å². The standard InChI is InChI=1S/C16H22BrNO/c1-2-3-4-5-6-12-11-15(12)16(19)18-14-9-7-13(17)8-10-14/h7-10,12,15H,2-6,11H2,1H3,(H,18,19). The summed E-state index contributed by atoms with van der Waals surface area (Å²) in [6, 6.07) is 7.76. The van der Waals surface area contributed by atoms with Crippen LogP contribution in [0.15, 0.2) is 28.7 Å². The summed E-state index contributed by atoms with van der Waals surface area (Å²) in [5.74, 6) is 1.08. The molecule has 2 nitrogen and oxygen atoms in total. The van der Waals surface area contributed by atoms with E-state index in [0.717, 1.165) is 16.6 Å². The second kappa shape index (κ2) is 7.09. The van der Waals surface area contributed by atoms with Gasteiger partial charge in [-0.15, -0.1) is 0 Å². The van der Waals surface area contributed by atoms with Crippen LogP contribution in [0.3, 0.4) is 0 Å². The molecule has 0 aliphatic heterocycles. The van der Waals surface area contributed by atoms with Crippen molar-refractivity contribution in [3.05, 3.63) is 28.7 Å². The Morgan fingerprint density at radius 1 is 1.26 bits per heavy atom. The van der Waals surface area contributed by atoms with E-state index in [-0.39, 0.29) is 11.8 Å². The van der Waals surface area contributed by atoms with Crippen molar-refractivity contribution in [2.45, 2.75) is 45.4 Å². The third-order valence-corrected chi connectivity index (χ3v) is 4.33. The topological polar surface area (TPSA) is 29.1 Å². The lowest BCUT2D eigenvalue weighted by Gasteiger charge is -2.05. The summed E-state index contributed by atoms with van der Waals surface area (Å²) >= 11 is 3.39. The Labute approximate surface area is 124 Å². The number of amides is 1. The molecule has 1 aromatic rings. The fourth-order valence-corrected chi connectivity index (χ4v) is 2.75. The van der Waals surface area contributed by atoms with Gasteiger partial charge < -0.3 is 5.32 Å². The molecular weight excluding hydrogens is 302 g/mol. The fraction of sp³-hybridized carbons (Fsp3) is 0.562. The fourth-order valence-electron chi connectivity index (χ4n) is 2.49. The van der Waals surface area contributed by atoms with Gasteiger partial charge in [-0.2, -0.15) is 0 Å². The molecule has 1 saturated carbocycles. The number of anilines is 1. The smallest absolute Gasteiger partial charge is 0.227 e. The van der Waals surface area contributed by atoms with Crippen molar-refractivity contribution in [3.8, 4) is 0 Å². The Kier molecular flexibility index (Phi) is 5.44. The number of hydrogen-bond donors (Lipinski definition) is 1. The summed E-state index contributed by atoms with van der Waals surface area (Å²) < 4.78 is 1.03. The van der Waals surface area contributed by atoms with Crippen molar-refractivity contribution < 1.29 is 4.79 Å². The van der Waals surface area contributed by atoms with Crippen LogP contribution in [-0.4, -0.2) is 5.91 Å². The molecule has 1 aliphatic rings. The van der Waals surface area contributed by atoms with Gasteiger partial charge in [0, 0.05) is 16.1 Å². The monoisotopic (exact) mass is 323 g/mol. The molecule has 0 aromatic heterocycles. The Hall–Kier alpha value is -0.830. The lowest BCUT2D eigenvalue weighted by Crippen LogP contribution is -2.14. The van der Waals surface area contributed by atoms with Gasteiger partial charge >= 0.3 is 0 Å². The first-order chi connectivity index (χ1) is 9.20. The summed E-state index contributed by atoms with van der Waals surface area (Å²) in [5.41, 5.74) is 0.893. The number of nitrogens with one attached hydrogen (secondary N) is 1. The second-order valence-corrected chi connectivity index (χ2v) is 6.36. The summed E-state index contributed by atoms with van der Waals surface area (Å²) in [7, 11) is 0. The second-order valence-electron chi connectivity index (χ2n) is 5.45. The highest BCUT2D eigenvalue weighted by Crippen LogP contribution is 2.43. The quantitative estimate of drug-likeness (QED) is 0.703. The number of carbonyl (C=O) groups is 1. The van der Waals surface area contributed by atoms with Crippen LogP contribution >= 0.6 is 15.9 Å². The van der Waals surface area contributed by atoms with Gasteiger partial charge in [-0.05, 0) is 43.0 Å². The molecule has 0 heterocycles. The van der Waals surface area contributed by atoms with Crippen molar-refractivity contribution in [2.24, 2.45) is 11.8 Å². The summed E-state index contributed by atoms with van der Waals surface area (Å²) in [6.07, 6.45) is 7.49. The SMILES string of the molecule is CCCCCCC1CC1C(=O)Nc1ccc(Br)cc1. The van der Waals surface area contributed by atoms with Gasteiger partial charge in [-0.1, -0.05) is 48.5 Å². The van der Waals surface area contributed by atoms with E-state index < -0.39 is 0 Å². The third-order valence-electron chi connectivity index (χ3n) is 3.80. The molecule has 104 valence electrons. The summed E-state index contributed by atoms with van der Waals surface area (Å²) in [4.78, 5) is 12.0. The minimum absolute atomic E-state index is 0.197. The first-order valence-electron chi connectivity index (χ1n) is 7.27. The highest BCUT2D eigenvalue weighted by atomic mass is 79.9. The predicted octanol–water partition coefficient (Wildman–Crippen LogP) is 4.99. The van der Waals surface area contributed by atoms with Gasteiger partial charge in [0.15, 0.2) is 0 Å². The van der Waals surface area contributed by atoms with E-state index >= 15 is 0 Å². The number of carbonyl (C=O) groups excluding carboxylic acids is 1. The molecule has 1 aromatic carbocycles. The predicted molar refractivity (Wildman–Crippen MR) is 83.1 cm³/mol. The minimum atomic E-state index is 0.197. The van der Waals surface area contributed by atoms with Gasteiger partial charge in [0.1, 0.15) is 0 Å². The van der Waals surface area contributed by atoms with Gasteiger partial charge in [-0.3, -0.25) is 4.79 Å². The van der Waals surface area contributed by atoms with Crippen molar-refractivity contribution >= 4 is 27.5 Å². The van der Waals surface area contributed by atoms with Crippen LogP contribution in [-0.2, 0) is 4.79 Å². The van der Waals surface area contributed by atoms with Crippen LogP contribution in [0.25, 0.3) is 0 Å². The van der Waals surface area contributed by atoms with E-state index in [1.165, 1.54) is 32.1 Å². The van der Waals surface area contributed by atoms with Crippen LogP contribution in [0, 0.1) is 11.8 Å². The molecule has 3 heteroatoms. The Balaban J connectivity index is 1.69. The Bertz CT molecular complexity index is 415. The lowest BCUT2D eigenvalue weighted by molar-refractivity contribution is -0.117. The molecule has 2 rings (SSSR count). The zero-order valence-corrected chi connectivity index (χ0v) is 13.1. The van der Waals surface area contributed by atoms with Crippen molar-refractivity contribution in [2.75, 3.05) is 5.32 Å². The highest BCUT2D eigenvalue weighted by Gasteiger charge is 2.41. The molecule has 0 saturated heterocycles. The molecule has 0 bridgehead atoms. The zero-order chi connectivity index (χ0) is 13.7. The van der Waals surface area contributed by atoms with E-state index in [4.69, 9.17) is 0 Å². The molecular formula is C16H22BrNO. The summed E-state index contributed by atoms with van der Waals surface area (Å²) in [6.45, 7) is 2.23. The molecule has 1 N–H and O–H groups in total.